The number of azide groups is 2. The van der Waals surface area contributed by atoms with Gasteiger partial charge in [-0.25, -0.2) is 0 Å². The maximum absolute atomic E-state index is 12.5. The summed E-state index contributed by atoms with van der Waals surface area (Å²) in [5.74, 6) is 0.128. The largest absolute Gasteiger partial charge is 0.341 e. The Bertz CT molecular complexity index is 583. The zero-order chi connectivity index (χ0) is 22.6. The standard InChI is InChI=1S/C19H37N9O2/c1-4-17(5-2)9-7-11-27(18(29)15-23-25-20)13-14-28(12-8-10-22-6-3)19(30)16-24-26-21/h17,22H,4-16H2,1-3H3. The molecule has 0 atom stereocenters. The van der Waals surface area contributed by atoms with Gasteiger partial charge < -0.3 is 15.1 Å². The van der Waals surface area contributed by atoms with Gasteiger partial charge in [-0.15, -0.1) is 0 Å². The fourth-order valence-electron chi connectivity index (χ4n) is 3.19. The first-order valence-electron chi connectivity index (χ1n) is 10.8. The van der Waals surface area contributed by atoms with Crippen molar-refractivity contribution in [1.29, 1.82) is 0 Å². The summed E-state index contributed by atoms with van der Waals surface area (Å²) in [7, 11) is 0. The quantitative estimate of drug-likeness (QED) is 0.155. The number of carbonyl (C=O) groups excluding carboxylic acids is 2. The first-order chi connectivity index (χ1) is 14.5. The number of nitrogens with zero attached hydrogens (tertiary/aromatic N) is 8. The highest BCUT2D eigenvalue weighted by Crippen LogP contribution is 2.15. The van der Waals surface area contributed by atoms with Crippen LogP contribution in [-0.4, -0.2) is 74.0 Å². The van der Waals surface area contributed by atoms with E-state index in [0.29, 0.717) is 32.1 Å². The van der Waals surface area contributed by atoms with Gasteiger partial charge in [-0.05, 0) is 49.3 Å². The summed E-state index contributed by atoms with van der Waals surface area (Å²) in [6.45, 7) is 9.28. The summed E-state index contributed by atoms with van der Waals surface area (Å²) >= 11 is 0. The third-order valence-corrected chi connectivity index (χ3v) is 5.11. The van der Waals surface area contributed by atoms with E-state index in [0.717, 1.165) is 45.2 Å². The third kappa shape index (κ3) is 12.9. The molecule has 0 aromatic rings. The van der Waals surface area contributed by atoms with Crippen LogP contribution in [0.15, 0.2) is 10.2 Å². The van der Waals surface area contributed by atoms with Crippen LogP contribution in [0.1, 0.15) is 52.9 Å². The van der Waals surface area contributed by atoms with Crippen LogP contribution in [0.4, 0.5) is 0 Å². The number of hydrogen-bond acceptors (Lipinski definition) is 5. The molecule has 0 heterocycles. The molecule has 0 unspecified atom stereocenters. The predicted octanol–water partition coefficient (Wildman–Crippen LogP) is 3.48. The van der Waals surface area contributed by atoms with Crippen LogP contribution in [0.5, 0.6) is 0 Å². The lowest BCUT2D eigenvalue weighted by atomic mass is 9.97. The van der Waals surface area contributed by atoms with Crippen molar-refractivity contribution in [3.05, 3.63) is 20.9 Å². The van der Waals surface area contributed by atoms with E-state index in [4.69, 9.17) is 11.1 Å². The minimum absolute atomic E-state index is 0.228. The van der Waals surface area contributed by atoms with E-state index in [1.807, 2.05) is 6.92 Å². The predicted molar refractivity (Wildman–Crippen MR) is 118 cm³/mol. The van der Waals surface area contributed by atoms with E-state index < -0.39 is 0 Å². The lowest BCUT2D eigenvalue weighted by Crippen LogP contribution is -2.43. The summed E-state index contributed by atoms with van der Waals surface area (Å²) < 4.78 is 0. The highest BCUT2D eigenvalue weighted by atomic mass is 16.2. The normalized spacial score (nSPS) is 10.3. The number of amides is 2. The van der Waals surface area contributed by atoms with Crippen LogP contribution in [0.2, 0.25) is 0 Å². The maximum Gasteiger partial charge on any atom is 0.228 e. The number of nitrogens with one attached hydrogen (secondary N) is 1. The van der Waals surface area contributed by atoms with E-state index in [1.54, 1.807) is 9.80 Å². The molecule has 0 aliphatic rings. The lowest BCUT2D eigenvalue weighted by molar-refractivity contribution is -0.133. The van der Waals surface area contributed by atoms with Crippen LogP contribution in [0.25, 0.3) is 20.9 Å². The zero-order valence-corrected chi connectivity index (χ0v) is 18.7. The van der Waals surface area contributed by atoms with Crippen molar-refractivity contribution in [1.82, 2.24) is 15.1 Å². The Kier molecular flexibility index (Phi) is 17.0. The molecule has 1 N–H and O–H groups in total. The Hall–Kier alpha value is -2.48. The third-order valence-electron chi connectivity index (χ3n) is 5.11. The molecule has 0 aromatic heterocycles. The topological polar surface area (TPSA) is 150 Å². The molecule has 0 aliphatic carbocycles. The van der Waals surface area contributed by atoms with Gasteiger partial charge in [0.15, 0.2) is 0 Å². The van der Waals surface area contributed by atoms with Crippen molar-refractivity contribution in [3.63, 3.8) is 0 Å². The highest BCUT2D eigenvalue weighted by molar-refractivity contribution is 5.79. The smallest absolute Gasteiger partial charge is 0.228 e. The van der Waals surface area contributed by atoms with Gasteiger partial charge in [0.05, 0.1) is 0 Å². The van der Waals surface area contributed by atoms with Gasteiger partial charge in [0.25, 0.3) is 0 Å². The summed E-state index contributed by atoms with van der Waals surface area (Å²) in [6, 6.07) is 0. The van der Waals surface area contributed by atoms with Gasteiger partial charge in [0, 0.05) is 36.0 Å². The monoisotopic (exact) mass is 423 g/mol. The van der Waals surface area contributed by atoms with Crippen molar-refractivity contribution < 1.29 is 9.59 Å². The Labute approximate surface area is 179 Å². The van der Waals surface area contributed by atoms with Crippen LogP contribution in [0.3, 0.4) is 0 Å². The molecule has 0 radical (unpaired) electrons. The van der Waals surface area contributed by atoms with E-state index >= 15 is 0 Å². The molecule has 11 heteroatoms. The molecule has 0 rings (SSSR count). The molecule has 0 saturated heterocycles. The molecule has 0 spiro atoms. The average molecular weight is 424 g/mol. The lowest BCUT2D eigenvalue weighted by Gasteiger charge is -2.28. The van der Waals surface area contributed by atoms with Crippen molar-refractivity contribution in [2.45, 2.75) is 52.9 Å². The van der Waals surface area contributed by atoms with Crippen LogP contribution in [-0.2, 0) is 9.59 Å². The second-order valence-corrected chi connectivity index (χ2v) is 7.07. The van der Waals surface area contributed by atoms with Crippen LogP contribution in [0, 0.1) is 5.92 Å². The average Bonchev–Trinajstić information content (AvgIpc) is 2.76. The second kappa shape index (κ2) is 18.5. The highest BCUT2D eigenvalue weighted by Gasteiger charge is 2.18. The Balaban J connectivity index is 4.97. The fraction of sp³-hybridized carbons (Fsp3) is 0.895. The molecule has 0 bridgehead atoms. The number of carbonyl (C=O) groups is 2. The molecule has 170 valence electrons. The minimum atomic E-state index is -0.260. The maximum atomic E-state index is 12.5. The van der Waals surface area contributed by atoms with E-state index in [9.17, 15) is 9.59 Å². The SMILES string of the molecule is CCNCCCN(CCN(CCCC(CC)CC)C(=O)CN=[N+]=[N-])C(=O)CN=[N+]=[N-]. The van der Waals surface area contributed by atoms with E-state index in [-0.39, 0.29) is 24.9 Å². The van der Waals surface area contributed by atoms with Crippen molar-refractivity contribution in [2.24, 2.45) is 16.1 Å². The van der Waals surface area contributed by atoms with Crippen molar-refractivity contribution >= 4 is 11.8 Å². The Morgan fingerprint density at radius 2 is 1.37 bits per heavy atom. The van der Waals surface area contributed by atoms with Gasteiger partial charge in [-0.2, -0.15) is 0 Å². The van der Waals surface area contributed by atoms with Gasteiger partial charge in [0.1, 0.15) is 13.1 Å². The molecule has 0 fully saturated rings. The summed E-state index contributed by atoms with van der Waals surface area (Å²) in [5.41, 5.74) is 17.0. The van der Waals surface area contributed by atoms with Crippen LogP contribution < -0.4 is 5.32 Å². The molecule has 0 saturated carbocycles. The molecule has 0 aliphatic heterocycles. The van der Waals surface area contributed by atoms with Crippen LogP contribution >= 0.6 is 0 Å². The van der Waals surface area contributed by atoms with E-state index in [1.165, 1.54) is 0 Å². The summed E-state index contributed by atoms with van der Waals surface area (Å²) in [5, 5.41) is 9.96. The molecule has 30 heavy (non-hydrogen) atoms. The number of hydrogen-bond donors (Lipinski definition) is 1. The molecular weight excluding hydrogens is 386 g/mol. The Morgan fingerprint density at radius 1 is 0.867 bits per heavy atom. The fourth-order valence-corrected chi connectivity index (χ4v) is 3.19. The van der Waals surface area contributed by atoms with Gasteiger partial charge >= 0.3 is 0 Å². The van der Waals surface area contributed by atoms with Gasteiger partial charge in [-0.3, -0.25) is 9.59 Å². The zero-order valence-electron chi connectivity index (χ0n) is 18.7. The first-order valence-corrected chi connectivity index (χ1v) is 10.8. The van der Waals surface area contributed by atoms with Crippen molar-refractivity contribution in [2.75, 3.05) is 52.4 Å². The van der Waals surface area contributed by atoms with E-state index in [2.05, 4.69) is 39.2 Å². The minimum Gasteiger partial charge on any atom is -0.341 e. The number of rotatable bonds is 18. The molecule has 2 amide bonds. The van der Waals surface area contributed by atoms with Crippen molar-refractivity contribution in [3.8, 4) is 0 Å². The molecule has 11 nitrogen and oxygen atoms in total. The Morgan fingerprint density at radius 3 is 1.80 bits per heavy atom. The summed E-state index contributed by atoms with van der Waals surface area (Å²) in [4.78, 5) is 33.4. The first kappa shape index (κ1) is 27.5. The molecular formula is C19H37N9O2. The second-order valence-electron chi connectivity index (χ2n) is 7.07. The van der Waals surface area contributed by atoms with Gasteiger partial charge in [-0.1, -0.05) is 43.8 Å². The summed E-state index contributed by atoms with van der Waals surface area (Å²) in [6.07, 6.45) is 4.87. The molecule has 0 aromatic carbocycles. The van der Waals surface area contributed by atoms with Gasteiger partial charge in [0.2, 0.25) is 11.8 Å².